The number of ether oxygens (including phenoxy) is 2. The Hall–Kier alpha value is -2.11. The maximum atomic E-state index is 13.5. The third-order valence-corrected chi connectivity index (χ3v) is 2.62. The minimum atomic E-state index is -0.623. The quantitative estimate of drug-likeness (QED) is 0.760. The lowest BCUT2D eigenvalue weighted by atomic mass is 10.2. The van der Waals surface area contributed by atoms with Crippen molar-refractivity contribution in [3.05, 3.63) is 29.6 Å². The highest BCUT2D eigenvalue weighted by molar-refractivity contribution is 5.96. The first kappa shape index (κ1) is 14.9. The number of likely N-dealkylation sites (N-methyl/N-ethyl adjacent to an activating group) is 1. The SMILES string of the molecule is CCN(CC(=O)OC)C(=O)c1ccc(OC)c(F)c1. The van der Waals surface area contributed by atoms with E-state index in [9.17, 15) is 14.0 Å². The first-order chi connectivity index (χ1) is 9.03. The zero-order valence-electron chi connectivity index (χ0n) is 11.1. The van der Waals surface area contributed by atoms with E-state index in [0.29, 0.717) is 6.54 Å². The first-order valence-corrected chi connectivity index (χ1v) is 5.73. The van der Waals surface area contributed by atoms with Crippen LogP contribution >= 0.6 is 0 Å². The fourth-order valence-corrected chi connectivity index (χ4v) is 1.53. The average Bonchev–Trinajstić information content (AvgIpc) is 2.43. The maximum absolute atomic E-state index is 13.5. The van der Waals surface area contributed by atoms with Crippen molar-refractivity contribution >= 4 is 11.9 Å². The Morgan fingerprint density at radius 2 is 2.00 bits per heavy atom. The van der Waals surface area contributed by atoms with Crippen molar-refractivity contribution in [1.29, 1.82) is 0 Å². The Morgan fingerprint density at radius 1 is 1.32 bits per heavy atom. The second-order valence-electron chi connectivity index (χ2n) is 3.74. The van der Waals surface area contributed by atoms with E-state index < -0.39 is 17.7 Å². The van der Waals surface area contributed by atoms with Gasteiger partial charge in [-0.05, 0) is 25.1 Å². The molecule has 0 fully saturated rings. The fraction of sp³-hybridized carbons (Fsp3) is 0.385. The number of amides is 1. The Labute approximate surface area is 110 Å². The topological polar surface area (TPSA) is 55.8 Å². The number of methoxy groups -OCH3 is 2. The van der Waals surface area contributed by atoms with Crippen LogP contribution in [0.5, 0.6) is 5.75 Å². The number of carbonyl (C=O) groups excluding carboxylic acids is 2. The summed E-state index contributed by atoms with van der Waals surface area (Å²) < 4.78 is 22.8. The van der Waals surface area contributed by atoms with Gasteiger partial charge in [-0.3, -0.25) is 9.59 Å². The third kappa shape index (κ3) is 3.67. The normalized spacial score (nSPS) is 9.89. The monoisotopic (exact) mass is 269 g/mol. The molecule has 104 valence electrons. The molecule has 0 atom stereocenters. The number of nitrogens with zero attached hydrogens (tertiary/aromatic N) is 1. The van der Waals surface area contributed by atoms with E-state index in [1.54, 1.807) is 6.92 Å². The van der Waals surface area contributed by atoms with Crippen LogP contribution in [0.1, 0.15) is 17.3 Å². The molecular formula is C13H16FNO4. The van der Waals surface area contributed by atoms with Crippen molar-refractivity contribution in [2.24, 2.45) is 0 Å². The fourth-order valence-electron chi connectivity index (χ4n) is 1.53. The summed E-state index contributed by atoms with van der Waals surface area (Å²) in [6, 6.07) is 3.90. The van der Waals surface area contributed by atoms with E-state index in [2.05, 4.69) is 4.74 Å². The van der Waals surface area contributed by atoms with E-state index in [1.807, 2.05) is 0 Å². The van der Waals surface area contributed by atoms with Crippen LogP contribution in [0.15, 0.2) is 18.2 Å². The van der Waals surface area contributed by atoms with Gasteiger partial charge in [0.2, 0.25) is 0 Å². The van der Waals surface area contributed by atoms with Crippen LogP contribution in [0.25, 0.3) is 0 Å². The molecule has 0 saturated heterocycles. The molecule has 0 aromatic heterocycles. The molecule has 5 nitrogen and oxygen atoms in total. The largest absolute Gasteiger partial charge is 0.494 e. The van der Waals surface area contributed by atoms with Crippen LogP contribution in [-0.2, 0) is 9.53 Å². The van der Waals surface area contributed by atoms with Crippen LogP contribution < -0.4 is 4.74 Å². The van der Waals surface area contributed by atoms with E-state index in [4.69, 9.17) is 4.74 Å². The molecule has 1 aromatic rings. The lowest BCUT2D eigenvalue weighted by molar-refractivity contribution is -0.141. The van der Waals surface area contributed by atoms with Crippen molar-refractivity contribution in [3.8, 4) is 5.75 Å². The van der Waals surface area contributed by atoms with Gasteiger partial charge in [-0.2, -0.15) is 0 Å². The minimum absolute atomic E-state index is 0.0626. The highest BCUT2D eigenvalue weighted by Crippen LogP contribution is 2.18. The number of halogens is 1. The summed E-state index contributed by atoms with van der Waals surface area (Å²) in [5.41, 5.74) is 0.157. The molecule has 6 heteroatoms. The highest BCUT2D eigenvalue weighted by atomic mass is 19.1. The molecule has 0 heterocycles. The molecule has 1 rings (SSSR count). The van der Waals surface area contributed by atoms with Gasteiger partial charge in [-0.25, -0.2) is 4.39 Å². The molecule has 0 bridgehead atoms. The Morgan fingerprint density at radius 3 is 2.47 bits per heavy atom. The van der Waals surface area contributed by atoms with E-state index in [0.717, 1.165) is 6.07 Å². The Balaban J connectivity index is 2.91. The number of hydrogen-bond acceptors (Lipinski definition) is 4. The van der Waals surface area contributed by atoms with Gasteiger partial charge < -0.3 is 14.4 Å². The molecule has 0 aliphatic rings. The van der Waals surface area contributed by atoms with Crippen LogP contribution in [-0.4, -0.2) is 44.1 Å². The summed E-state index contributed by atoms with van der Waals surface area (Å²) in [6.45, 7) is 1.88. The lowest BCUT2D eigenvalue weighted by Gasteiger charge is -2.19. The zero-order chi connectivity index (χ0) is 14.4. The van der Waals surface area contributed by atoms with Crippen molar-refractivity contribution in [3.63, 3.8) is 0 Å². The zero-order valence-corrected chi connectivity index (χ0v) is 11.1. The van der Waals surface area contributed by atoms with E-state index in [-0.39, 0.29) is 17.9 Å². The van der Waals surface area contributed by atoms with Gasteiger partial charge in [0.1, 0.15) is 6.54 Å². The number of esters is 1. The van der Waals surface area contributed by atoms with Gasteiger partial charge in [0.05, 0.1) is 14.2 Å². The van der Waals surface area contributed by atoms with Crippen LogP contribution in [0.2, 0.25) is 0 Å². The predicted octanol–water partition coefficient (Wildman–Crippen LogP) is 1.47. The second kappa shape index (κ2) is 6.72. The van der Waals surface area contributed by atoms with E-state index in [1.165, 1.54) is 31.3 Å². The van der Waals surface area contributed by atoms with Crippen LogP contribution in [0.3, 0.4) is 0 Å². The molecule has 0 spiro atoms. The van der Waals surface area contributed by atoms with E-state index >= 15 is 0 Å². The number of rotatable bonds is 5. The highest BCUT2D eigenvalue weighted by Gasteiger charge is 2.18. The molecular weight excluding hydrogens is 253 g/mol. The van der Waals surface area contributed by atoms with Gasteiger partial charge in [0.25, 0.3) is 5.91 Å². The minimum Gasteiger partial charge on any atom is -0.494 e. The molecule has 19 heavy (non-hydrogen) atoms. The summed E-state index contributed by atoms with van der Waals surface area (Å²) in [7, 11) is 2.59. The summed E-state index contributed by atoms with van der Waals surface area (Å²) in [6.07, 6.45) is 0. The van der Waals surface area contributed by atoms with Crippen LogP contribution in [0.4, 0.5) is 4.39 Å². The summed E-state index contributed by atoms with van der Waals surface area (Å²) in [5, 5.41) is 0. The summed E-state index contributed by atoms with van der Waals surface area (Å²) in [5.74, 6) is -1.52. The lowest BCUT2D eigenvalue weighted by Crippen LogP contribution is -2.36. The number of hydrogen-bond donors (Lipinski definition) is 0. The maximum Gasteiger partial charge on any atom is 0.325 e. The molecule has 0 N–H and O–H groups in total. The number of carbonyl (C=O) groups is 2. The second-order valence-corrected chi connectivity index (χ2v) is 3.74. The Kier molecular flexibility index (Phi) is 5.29. The summed E-state index contributed by atoms with van der Waals surface area (Å²) in [4.78, 5) is 24.5. The first-order valence-electron chi connectivity index (χ1n) is 5.73. The third-order valence-electron chi connectivity index (χ3n) is 2.62. The van der Waals surface area contributed by atoms with Crippen LogP contribution in [0, 0.1) is 5.82 Å². The van der Waals surface area contributed by atoms with Gasteiger partial charge >= 0.3 is 5.97 Å². The smallest absolute Gasteiger partial charge is 0.325 e. The molecule has 0 aliphatic heterocycles. The molecule has 0 radical (unpaired) electrons. The van der Waals surface area contributed by atoms with Gasteiger partial charge in [0, 0.05) is 12.1 Å². The van der Waals surface area contributed by atoms with Gasteiger partial charge in [-0.15, -0.1) is 0 Å². The van der Waals surface area contributed by atoms with Gasteiger partial charge in [0.15, 0.2) is 11.6 Å². The van der Waals surface area contributed by atoms with Crippen molar-refractivity contribution < 1.29 is 23.5 Å². The van der Waals surface area contributed by atoms with Crippen molar-refractivity contribution in [2.75, 3.05) is 27.3 Å². The standard InChI is InChI=1S/C13H16FNO4/c1-4-15(8-12(16)19-3)13(17)9-5-6-11(18-2)10(14)7-9/h5-7H,4,8H2,1-3H3. The molecule has 1 amide bonds. The average molecular weight is 269 g/mol. The Bertz CT molecular complexity index is 476. The van der Waals surface area contributed by atoms with Crippen molar-refractivity contribution in [2.45, 2.75) is 6.92 Å². The molecule has 0 aliphatic carbocycles. The molecule has 1 aromatic carbocycles. The molecule has 0 saturated carbocycles. The predicted molar refractivity (Wildman–Crippen MR) is 66.5 cm³/mol. The number of benzene rings is 1. The van der Waals surface area contributed by atoms with Gasteiger partial charge in [-0.1, -0.05) is 0 Å². The summed E-state index contributed by atoms with van der Waals surface area (Å²) >= 11 is 0. The van der Waals surface area contributed by atoms with Crippen molar-refractivity contribution in [1.82, 2.24) is 4.90 Å². The molecule has 0 unspecified atom stereocenters.